The highest BCUT2D eigenvalue weighted by molar-refractivity contribution is 5.66. The van der Waals surface area contributed by atoms with Crippen LogP contribution in [-0.4, -0.2) is 4.98 Å². The van der Waals surface area contributed by atoms with E-state index < -0.39 is 0 Å². The lowest BCUT2D eigenvalue weighted by molar-refractivity contribution is 0.628. The van der Waals surface area contributed by atoms with E-state index in [0.717, 1.165) is 0 Å². The third kappa shape index (κ3) is 1.38. The highest BCUT2D eigenvalue weighted by Gasteiger charge is 2.05. The van der Waals surface area contributed by atoms with Crippen LogP contribution in [0.15, 0.2) is 36.5 Å². The monoisotopic (exact) mass is 186 g/mol. The van der Waals surface area contributed by atoms with Crippen LogP contribution in [0.4, 0.5) is 4.39 Å². The Bertz CT molecular complexity index is 494. The van der Waals surface area contributed by atoms with Crippen LogP contribution in [0.1, 0.15) is 5.56 Å². The molecule has 0 bridgehead atoms. The average Bonchev–Trinajstić information content (AvgIpc) is 2.65. The minimum Gasteiger partial charge on any atom is -0.360 e. The molecule has 1 N–H and O–H groups in total. The van der Waals surface area contributed by atoms with Gasteiger partial charge in [0.15, 0.2) is 0 Å². The molecule has 2 aromatic rings. The zero-order chi connectivity index (χ0) is 9.97. The van der Waals surface area contributed by atoms with Crippen molar-refractivity contribution in [1.82, 2.24) is 4.98 Å². The lowest BCUT2D eigenvalue weighted by Crippen LogP contribution is -1.82. The van der Waals surface area contributed by atoms with Gasteiger partial charge in [-0.2, -0.15) is 5.26 Å². The number of halogens is 1. The molecule has 1 aromatic heterocycles. The molecular formula is C11H7FN2. The fourth-order valence-electron chi connectivity index (χ4n) is 1.35. The highest BCUT2D eigenvalue weighted by atomic mass is 19.1. The maximum absolute atomic E-state index is 12.9. The van der Waals surface area contributed by atoms with Crippen LogP contribution in [0.3, 0.4) is 0 Å². The van der Waals surface area contributed by atoms with Crippen molar-refractivity contribution < 1.29 is 4.39 Å². The average molecular weight is 186 g/mol. The van der Waals surface area contributed by atoms with Gasteiger partial charge in [-0.1, -0.05) is 12.1 Å². The molecule has 0 saturated heterocycles. The lowest BCUT2D eigenvalue weighted by atomic mass is 10.1. The number of rotatable bonds is 1. The summed E-state index contributed by atoms with van der Waals surface area (Å²) in [6.45, 7) is 0. The van der Waals surface area contributed by atoms with E-state index in [4.69, 9.17) is 5.26 Å². The maximum Gasteiger partial charge on any atom is 0.123 e. The van der Waals surface area contributed by atoms with Gasteiger partial charge in [0.05, 0.1) is 11.3 Å². The van der Waals surface area contributed by atoms with Gasteiger partial charge in [0.1, 0.15) is 11.9 Å². The normalized spacial score (nSPS) is 9.71. The van der Waals surface area contributed by atoms with E-state index >= 15 is 0 Å². The topological polar surface area (TPSA) is 39.6 Å². The van der Waals surface area contributed by atoms with Gasteiger partial charge >= 0.3 is 0 Å². The van der Waals surface area contributed by atoms with Crippen molar-refractivity contribution in [2.75, 3.05) is 0 Å². The van der Waals surface area contributed by atoms with E-state index in [-0.39, 0.29) is 5.82 Å². The molecule has 0 spiro atoms. The number of aromatic nitrogens is 1. The van der Waals surface area contributed by atoms with Gasteiger partial charge in [0.2, 0.25) is 0 Å². The Morgan fingerprint density at radius 2 is 2.14 bits per heavy atom. The molecule has 1 aromatic carbocycles. The fourth-order valence-corrected chi connectivity index (χ4v) is 1.35. The molecule has 0 aliphatic carbocycles. The quantitative estimate of drug-likeness (QED) is 0.730. The van der Waals surface area contributed by atoms with Gasteiger partial charge in [-0.05, 0) is 18.2 Å². The number of nitriles is 1. The summed E-state index contributed by atoms with van der Waals surface area (Å²) < 4.78 is 12.9. The molecule has 0 aliphatic heterocycles. The van der Waals surface area contributed by atoms with Crippen molar-refractivity contribution in [3.63, 3.8) is 0 Å². The van der Waals surface area contributed by atoms with Gasteiger partial charge in [-0.15, -0.1) is 0 Å². The van der Waals surface area contributed by atoms with Crippen molar-refractivity contribution in [3.05, 3.63) is 47.9 Å². The third-order valence-corrected chi connectivity index (χ3v) is 1.98. The van der Waals surface area contributed by atoms with Crippen molar-refractivity contribution in [2.24, 2.45) is 0 Å². The number of H-pyrrole nitrogens is 1. The lowest BCUT2D eigenvalue weighted by Gasteiger charge is -1.98. The van der Waals surface area contributed by atoms with Crippen LogP contribution in [0.5, 0.6) is 0 Å². The van der Waals surface area contributed by atoms with Crippen LogP contribution in [0, 0.1) is 17.1 Å². The summed E-state index contributed by atoms with van der Waals surface area (Å²) in [5.41, 5.74) is 1.87. The SMILES string of the molecule is N#Cc1cc[nH]c1-c1cccc(F)c1. The molecular weight excluding hydrogens is 179 g/mol. The zero-order valence-corrected chi connectivity index (χ0v) is 7.29. The van der Waals surface area contributed by atoms with Crippen LogP contribution in [0.25, 0.3) is 11.3 Å². The Balaban J connectivity index is 2.56. The Hall–Kier alpha value is -2.08. The Morgan fingerprint density at radius 1 is 1.29 bits per heavy atom. The van der Waals surface area contributed by atoms with Crippen molar-refractivity contribution in [3.8, 4) is 17.3 Å². The molecule has 2 nitrogen and oxygen atoms in total. The molecule has 1 heterocycles. The number of benzene rings is 1. The molecule has 14 heavy (non-hydrogen) atoms. The van der Waals surface area contributed by atoms with E-state index in [9.17, 15) is 4.39 Å². The summed E-state index contributed by atoms with van der Waals surface area (Å²) in [5, 5.41) is 8.77. The molecule has 0 amide bonds. The standard InChI is InChI=1S/C11H7FN2/c12-10-3-1-2-8(6-10)11-9(7-13)4-5-14-11/h1-6,14H. The number of aromatic amines is 1. The summed E-state index contributed by atoms with van der Waals surface area (Å²) in [4.78, 5) is 2.91. The molecule has 2 rings (SSSR count). The van der Waals surface area contributed by atoms with Gasteiger partial charge in [-0.3, -0.25) is 0 Å². The first-order valence-electron chi connectivity index (χ1n) is 4.14. The minimum absolute atomic E-state index is 0.305. The first-order valence-corrected chi connectivity index (χ1v) is 4.14. The number of hydrogen-bond donors (Lipinski definition) is 1. The largest absolute Gasteiger partial charge is 0.360 e. The number of nitrogens with one attached hydrogen (secondary N) is 1. The van der Waals surface area contributed by atoms with E-state index in [1.807, 2.05) is 6.07 Å². The molecule has 0 radical (unpaired) electrons. The third-order valence-electron chi connectivity index (χ3n) is 1.98. The van der Waals surface area contributed by atoms with Crippen molar-refractivity contribution in [1.29, 1.82) is 5.26 Å². The van der Waals surface area contributed by atoms with Crippen LogP contribution >= 0.6 is 0 Å². The second-order valence-electron chi connectivity index (χ2n) is 2.89. The van der Waals surface area contributed by atoms with Gasteiger partial charge < -0.3 is 4.98 Å². The Labute approximate surface area is 80.6 Å². The van der Waals surface area contributed by atoms with Crippen LogP contribution < -0.4 is 0 Å². The van der Waals surface area contributed by atoms with E-state index in [1.54, 1.807) is 24.4 Å². The molecule has 0 saturated carbocycles. The molecule has 0 atom stereocenters. The second-order valence-corrected chi connectivity index (χ2v) is 2.89. The fraction of sp³-hybridized carbons (Fsp3) is 0. The van der Waals surface area contributed by atoms with Crippen molar-refractivity contribution in [2.45, 2.75) is 0 Å². The van der Waals surface area contributed by atoms with Gasteiger partial charge in [-0.25, -0.2) is 4.39 Å². The predicted octanol–water partition coefficient (Wildman–Crippen LogP) is 2.69. The Morgan fingerprint density at radius 3 is 2.86 bits per heavy atom. The Kier molecular flexibility index (Phi) is 2.04. The van der Waals surface area contributed by atoms with Gasteiger partial charge in [0, 0.05) is 11.8 Å². The highest BCUT2D eigenvalue weighted by Crippen LogP contribution is 2.21. The maximum atomic E-state index is 12.9. The smallest absolute Gasteiger partial charge is 0.123 e. The van der Waals surface area contributed by atoms with Crippen LogP contribution in [0.2, 0.25) is 0 Å². The summed E-state index contributed by atoms with van der Waals surface area (Å²) in [7, 11) is 0. The molecule has 0 unspecified atom stereocenters. The summed E-state index contributed by atoms with van der Waals surface area (Å²) in [6.07, 6.45) is 1.67. The van der Waals surface area contributed by atoms with E-state index in [0.29, 0.717) is 16.8 Å². The summed E-state index contributed by atoms with van der Waals surface area (Å²) in [6, 6.07) is 9.85. The van der Waals surface area contributed by atoms with Gasteiger partial charge in [0.25, 0.3) is 0 Å². The predicted molar refractivity (Wildman–Crippen MR) is 50.9 cm³/mol. The first-order chi connectivity index (χ1) is 6.81. The summed E-state index contributed by atoms with van der Waals surface area (Å²) >= 11 is 0. The van der Waals surface area contributed by atoms with E-state index in [2.05, 4.69) is 4.98 Å². The second kappa shape index (κ2) is 3.35. The van der Waals surface area contributed by atoms with Crippen molar-refractivity contribution >= 4 is 0 Å². The number of nitrogens with zero attached hydrogens (tertiary/aromatic N) is 1. The molecule has 0 aliphatic rings. The molecule has 68 valence electrons. The van der Waals surface area contributed by atoms with Crippen LogP contribution in [-0.2, 0) is 0 Å². The summed E-state index contributed by atoms with van der Waals surface area (Å²) in [5.74, 6) is -0.305. The molecule has 3 heteroatoms. The zero-order valence-electron chi connectivity index (χ0n) is 7.29. The van der Waals surface area contributed by atoms with E-state index in [1.165, 1.54) is 12.1 Å². The molecule has 0 fully saturated rings. The number of hydrogen-bond acceptors (Lipinski definition) is 1. The first kappa shape index (κ1) is 8.52. The minimum atomic E-state index is -0.305.